The lowest BCUT2D eigenvalue weighted by atomic mass is 10.4. The van der Waals surface area contributed by atoms with Crippen LogP contribution in [0, 0.1) is 0 Å². The van der Waals surface area contributed by atoms with E-state index in [1.165, 1.54) is 12.5 Å². The zero-order chi connectivity index (χ0) is 12.3. The molecule has 2 aromatic heterocycles. The van der Waals surface area contributed by atoms with Crippen molar-refractivity contribution in [3.8, 4) is 0 Å². The van der Waals surface area contributed by atoms with Crippen LogP contribution in [0.15, 0.2) is 40.3 Å². The first-order chi connectivity index (χ1) is 8.08. The van der Waals surface area contributed by atoms with Gasteiger partial charge >= 0.3 is 0 Å². The van der Waals surface area contributed by atoms with Crippen molar-refractivity contribution in [2.24, 2.45) is 0 Å². The first-order valence-electron chi connectivity index (χ1n) is 4.66. The average molecular weight is 254 g/mol. The summed E-state index contributed by atoms with van der Waals surface area (Å²) in [4.78, 5) is 7.21. The number of hydrogen-bond donors (Lipinski definition) is 2. The van der Waals surface area contributed by atoms with E-state index in [1.54, 1.807) is 6.07 Å². The highest BCUT2D eigenvalue weighted by Crippen LogP contribution is 2.07. The van der Waals surface area contributed by atoms with E-state index < -0.39 is 10.0 Å². The summed E-state index contributed by atoms with van der Waals surface area (Å²) in [5.41, 5.74) is 6.00. The highest BCUT2D eigenvalue weighted by Gasteiger charge is 2.14. The summed E-state index contributed by atoms with van der Waals surface area (Å²) in [5, 5.41) is 0. The Morgan fingerprint density at radius 1 is 1.35 bits per heavy atom. The zero-order valence-electron chi connectivity index (χ0n) is 8.70. The van der Waals surface area contributed by atoms with Gasteiger partial charge < -0.3 is 10.2 Å². The van der Waals surface area contributed by atoms with Crippen LogP contribution in [0.1, 0.15) is 5.56 Å². The van der Waals surface area contributed by atoms with Gasteiger partial charge in [0.05, 0.1) is 24.9 Å². The highest BCUT2D eigenvalue weighted by molar-refractivity contribution is 7.89. The first-order valence-corrected chi connectivity index (χ1v) is 6.14. The number of anilines is 1. The van der Waals surface area contributed by atoms with Crippen molar-refractivity contribution in [1.29, 1.82) is 0 Å². The van der Waals surface area contributed by atoms with Crippen LogP contribution in [0.25, 0.3) is 0 Å². The third-order valence-corrected chi connectivity index (χ3v) is 3.36. The second-order valence-corrected chi connectivity index (χ2v) is 5.00. The van der Waals surface area contributed by atoms with Crippen molar-refractivity contribution >= 4 is 16.0 Å². The second kappa shape index (κ2) is 4.52. The second-order valence-electron chi connectivity index (χ2n) is 3.23. The molecular formula is C9H10N4O3S. The van der Waals surface area contributed by atoms with E-state index in [1.807, 2.05) is 0 Å². The number of rotatable bonds is 4. The molecule has 0 amide bonds. The fraction of sp³-hybridized carbons (Fsp3) is 0.111. The molecule has 0 bridgehead atoms. The fourth-order valence-corrected chi connectivity index (χ4v) is 2.03. The lowest BCUT2D eigenvalue weighted by Crippen LogP contribution is -2.23. The predicted octanol–water partition coefficient (Wildman–Crippen LogP) is 0.130. The van der Waals surface area contributed by atoms with Crippen molar-refractivity contribution in [3.05, 3.63) is 36.5 Å². The number of sulfonamides is 1. The summed E-state index contributed by atoms with van der Waals surface area (Å²) in [5.74, 6) is 0.0267. The normalized spacial score (nSPS) is 11.5. The number of nitrogen functional groups attached to an aromatic ring is 1. The molecule has 2 heterocycles. The zero-order valence-corrected chi connectivity index (χ0v) is 9.52. The van der Waals surface area contributed by atoms with E-state index >= 15 is 0 Å². The smallest absolute Gasteiger partial charge is 0.243 e. The third-order valence-electron chi connectivity index (χ3n) is 2.00. The third kappa shape index (κ3) is 2.80. The maximum atomic E-state index is 11.8. The molecule has 0 aliphatic heterocycles. The van der Waals surface area contributed by atoms with Gasteiger partial charge in [-0.3, -0.25) is 0 Å². The number of aromatic nitrogens is 2. The van der Waals surface area contributed by atoms with Crippen molar-refractivity contribution in [1.82, 2.24) is 14.7 Å². The Morgan fingerprint density at radius 2 is 2.06 bits per heavy atom. The molecule has 90 valence electrons. The summed E-state index contributed by atoms with van der Waals surface area (Å²) in [6.45, 7) is 0.142. The van der Waals surface area contributed by atoms with Crippen LogP contribution in [0.4, 0.5) is 5.95 Å². The Morgan fingerprint density at radius 3 is 2.65 bits per heavy atom. The van der Waals surface area contributed by atoms with Gasteiger partial charge in [0, 0.05) is 12.1 Å². The molecule has 0 atom stereocenters. The number of hydrogen-bond acceptors (Lipinski definition) is 6. The van der Waals surface area contributed by atoms with Crippen LogP contribution >= 0.6 is 0 Å². The van der Waals surface area contributed by atoms with E-state index in [-0.39, 0.29) is 17.4 Å². The Balaban J connectivity index is 2.11. The van der Waals surface area contributed by atoms with Gasteiger partial charge in [-0.2, -0.15) is 0 Å². The minimum atomic E-state index is -3.63. The molecule has 0 spiro atoms. The van der Waals surface area contributed by atoms with Crippen molar-refractivity contribution < 1.29 is 12.8 Å². The van der Waals surface area contributed by atoms with E-state index in [0.29, 0.717) is 0 Å². The number of furan rings is 1. The van der Waals surface area contributed by atoms with Crippen LogP contribution in [-0.4, -0.2) is 18.4 Å². The number of nitrogens with one attached hydrogen (secondary N) is 1. The van der Waals surface area contributed by atoms with Gasteiger partial charge in [-0.1, -0.05) is 0 Å². The molecule has 0 unspecified atom stereocenters. The fourth-order valence-electron chi connectivity index (χ4n) is 1.12. The molecular weight excluding hydrogens is 244 g/mol. The molecule has 2 rings (SSSR count). The average Bonchev–Trinajstić information content (AvgIpc) is 2.80. The monoisotopic (exact) mass is 254 g/mol. The maximum Gasteiger partial charge on any atom is 0.243 e. The van der Waals surface area contributed by atoms with Gasteiger partial charge in [-0.05, 0) is 6.07 Å². The summed E-state index contributed by atoms with van der Waals surface area (Å²) >= 11 is 0. The molecule has 17 heavy (non-hydrogen) atoms. The summed E-state index contributed by atoms with van der Waals surface area (Å²) in [6.07, 6.45) is 5.23. The van der Waals surface area contributed by atoms with E-state index in [4.69, 9.17) is 10.2 Å². The number of nitrogens with two attached hydrogens (primary N) is 1. The van der Waals surface area contributed by atoms with E-state index in [2.05, 4.69) is 14.7 Å². The molecule has 0 aromatic carbocycles. The SMILES string of the molecule is Nc1ncc(S(=O)(=O)NCc2ccoc2)cn1. The molecule has 0 fully saturated rings. The molecule has 0 aliphatic rings. The molecule has 0 saturated carbocycles. The minimum Gasteiger partial charge on any atom is -0.472 e. The van der Waals surface area contributed by atoms with Crippen molar-refractivity contribution in [3.63, 3.8) is 0 Å². The van der Waals surface area contributed by atoms with Gasteiger partial charge in [-0.25, -0.2) is 23.1 Å². The van der Waals surface area contributed by atoms with Crippen LogP contribution in [-0.2, 0) is 16.6 Å². The van der Waals surface area contributed by atoms with Crippen molar-refractivity contribution in [2.75, 3.05) is 5.73 Å². The van der Waals surface area contributed by atoms with Crippen LogP contribution < -0.4 is 10.5 Å². The van der Waals surface area contributed by atoms with E-state index in [0.717, 1.165) is 18.0 Å². The molecule has 2 aromatic rings. The summed E-state index contributed by atoms with van der Waals surface area (Å²) in [7, 11) is -3.63. The standard InChI is InChI=1S/C9H10N4O3S/c10-9-11-4-8(5-12-9)17(14,15)13-3-7-1-2-16-6-7/h1-2,4-6,13H,3H2,(H2,10,11,12). The summed E-state index contributed by atoms with van der Waals surface area (Å²) < 4.78 is 30.8. The maximum absolute atomic E-state index is 11.8. The lowest BCUT2D eigenvalue weighted by molar-refractivity contribution is 0.561. The van der Waals surface area contributed by atoms with Crippen LogP contribution in [0.5, 0.6) is 0 Å². The highest BCUT2D eigenvalue weighted by atomic mass is 32.2. The Labute approximate surface area is 97.7 Å². The van der Waals surface area contributed by atoms with Crippen molar-refractivity contribution in [2.45, 2.75) is 11.4 Å². The molecule has 3 N–H and O–H groups in total. The van der Waals surface area contributed by atoms with Gasteiger partial charge in [0.2, 0.25) is 16.0 Å². The van der Waals surface area contributed by atoms with Gasteiger partial charge in [0.15, 0.2) is 0 Å². The largest absolute Gasteiger partial charge is 0.472 e. The molecule has 7 nitrogen and oxygen atoms in total. The van der Waals surface area contributed by atoms with Gasteiger partial charge in [0.25, 0.3) is 0 Å². The van der Waals surface area contributed by atoms with E-state index in [9.17, 15) is 8.42 Å². The predicted molar refractivity (Wildman–Crippen MR) is 59.2 cm³/mol. The molecule has 0 saturated heterocycles. The Hall–Kier alpha value is -1.93. The first kappa shape index (κ1) is 11.6. The lowest BCUT2D eigenvalue weighted by Gasteiger charge is -2.04. The topological polar surface area (TPSA) is 111 Å². The molecule has 0 radical (unpaired) electrons. The van der Waals surface area contributed by atoms with Gasteiger partial charge in [0.1, 0.15) is 4.90 Å². The quantitative estimate of drug-likeness (QED) is 0.802. The van der Waals surface area contributed by atoms with Crippen LogP contribution in [0.3, 0.4) is 0 Å². The minimum absolute atomic E-state index is 0.0267. The molecule has 0 aliphatic carbocycles. The number of nitrogens with zero attached hydrogens (tertiary/aromatic N) is 2. The molecule has 8 heteroatoms. The Bertz CT molecular complexity index is 577. The van der Waals surface area contributed by atoms with Gasteiger partial charge in [-0.15, -0.1) is 0 Å². The Kier molecular flexibility index (Phi) is 3.07. The summed E-state index contributed by atoms with van der Waals surface area (Å²) in [6, 6.07) is 1.67. The van der Waals surface area contributed by atoms with Crippen LogP contribution in [0.2, 0.25) is 0 Å².